The Balaban J connectivity index is 1.27. The second-order valence-electron chi connectivity index (χ2n) is 12.5. The van der Waals surface area contributed by atoms with Crippen LogP contribution in [0.3, 0.4) is 0 Å². The second kappa shape index (κ2) is 9.98. The summed E-state index contributed by atoms with van der Waals surface area (Å²) >= 11 is 7.66. The molecule has 0 radical (unpaired) electrons. The van der Waals surface area contributed by atoms with E-state index < -0.39 is 41.1 Å². The zero-order valence-electron chi connectivity index (χ0n) is 23.4. The van der Waals surface area contributed by atoms with Gasteiger partial charge in [0.25, 0.3) is 5.92 Å². The summed E-state index contributed by atoms with van der Waals surface area (Å²) in [6.45, 7) is 1.28. The van der Waals surface area contributed by atoms with Crippen molar-refractivity contribution in [3.63, 3.8) is 0 Å². The highest BCUT2D eigenvalue weighted by Gasteiger charge is 2.56. The van der Waals surface area contributed by atoms with Gasteiger partial charge in [-0.25, -0.2) is 26.9 Å². The molecule has 232 valence electrons. The zero-order valence-corrected chi connectivity index (χ0v) is 25.0. The molecule has 2 aromatic heterocycles. The third kappa shape index (κ3) is 4.25. The minimum absolute atomic E-state index is 0.00117. The molecular formula is C30H28ClF5N6OS. The van der Waals surface area contributed by atoms with Crippen LogP contribution in [0.1, 0.15) is 32.1 Å². The van der Waals surface area contributed by atoms with Crippen LogP contribution < -0.4 is 15.4 Å². The molecule has 8 rings (SSSR count). The van der Waals surface area contributed by atoms with Crippen LogP contribution in [-0.2, 0) is 0 Å². The van der Waals surface area contributed by atoms with E-state index in [1.807, 2.05) is 0 Å². The number of fused-ring (bicyclic) bond motifs is 5. The summed E-state index contributed by atoms with van der Waals surface area (Å²) in [5.74, 6) is -5.60. The van der Waals surface area contributed by atoms with Crippen LogP contribution in [0.2, 0.25) is 5.02 Å². The number of rotatable bonds is 5. The number of anilines is 2. The predicted octanol–water partition coefficient (Wildman–Crippen LogP) is 6.86. The molecule has 44 heavy (non-hydrogen) atoms. The van der Waals surface area contributed by atoms with Gasteiger partial charge in [-0.1, -0.05) is 22.9 Å². The maximum Gasteiger partial charge on any atom is 0.319 e. The molecule has 2 bridgehead atoms. The molecular weight excluding hydrogens is 623 g/mol. The number of hydrogen-bond acceptors (Lipinski definition) is 8. The van der Waals surface area contributed by atoms with Gasteiger partial charge in [0.2, 0.25) is 0 Å². The van der Waals surface area contributed by atoms with E-state index in [4.69, 9.17) is 22.1 Å². The van der Waals surface area contributed by atoms with E-state index in [9.17, 15) is 17.6 Å². The lowest BCUT2D eigenvalue weighted by Gasteiger charge is -2.39. The predicted molar refractivity (Wildman–Crippen MR) is 159 cm³/mol. The Bertz CT molecular complexity index is 1810. The molecule has 2 unspecified atom stereocenters. The normalized spacial score (nSPS) is 28.0. The summed E-state index contributed by atoms with van der Waals surface area (Å²) < 4.78 is 81.7. The van der Waals surface area contributed by atoms with Gasteiger partial charge in [-0.2, -0.15) is 9.97 Å². The number of hydrogen-bond donors (Lipinski definition) is 1. The molecule has 3 saturated heterocycles. The Morgan fingerprint density at radius 1 is 1.07 bits per heavy atom. The van der Waals surface area contributed by atoms with Crippen LogP contribution in [-0.4, -0.2) is 70.3 Å². The Morgan fingerprint density at radius 3 is 2.61 bits per heavy atom. The molecule has 4 atom stereocenters. The second-order valence-corrected chi connectivity index (χ2v) is 14.0. The Labute approximate surface area is 258 Å². The number of piperidine rings is 1. The Kier molecular flexibility index (Phi) is 6.45. The number of ether oxygens (including phenoxy) is 1. The molecule has 14 heteroatoms. The fourth-order valence-electron chi connectivity index (χ4n) is 7.88. The zero-order chi connectivity index (χ0) is 30.5. The van der Waals surface area contributed by atoms with E-state index in [1.54, 1.807) is 4.90 Å². The van der Waals surface area contributed by atoms with Crippen LogP contribution in [0.5, 0.6) is 6.01 Å². The van der Waals surface area contributed by atoms with Crippen molar-refractivity contribution in [3.05, 3.63) is 34.9 Å². The first-order valence-corrected chi connectivity index (χ1v) is 15.9. The SMILES string of the molecule is Nc1nc2c(-c3c(Cl)cc4c(N5CC6CCC(C5)C6(F)F)nc(OC[C@@]56CCCN5C[C@H](F)C6)nc4c3F)ccc(F)c2s1. The minimum atomic E-state index is -2.78. The molecule has 7 nitrogen and oxygen atoms in total. The lowest BCUT2D eigenvalue weighted by Crippen LogP contribution is -2.49. The molecule has 5 heterocycles. The minimum Gasteiger partial charge on any atom is -0.461 e. The topological polar surface area (TPSA) is 80.4 Å². The highest BCUT2D eigenvalue weighted by molar-refractivity contribution is 7.22. The van der Waals surface area contributed by atoms with Gasteiger partial charge in [0.1, 0.15) is 29.9 Å². The number of nitrogens with two attached hydrogens (primary N) is 1. The molecule has 4 aromatic rings. The fourth-order valence-corrected chi connectivity index (χ4v) is 8.94. The van der Waals surface area contributed by atoms with Crippen LogP contribution in [0.25, 0.3) is 32.2 Å². The number of nitrogen functional groups attached to an aromatic ring is 1. The fraction of sp³-hybridized carbons (Fsp3) is 0.500. The van der Waals surface area contributed by atoms with Crippen molar-refractivity contribution in [2.75, 3.05) is 43.4 Å². The summed E-state index contributed by atoms with van der Waals surface area (Å²) in [7, 11) is 0. The molecule has 2 N–H and O–H groups in total. The average molecular weight is 651 g/mol. The number of thiazole rings is 1. The van der Waals surface area contributed by atoms with Gasteiger partial charge in [-0.3, -0.25) is 4.90 Å². The molecule has 1 saturated carbocycles. The maximum absolute atomic E-state index is 16.7. The van der Waals surface area contributed by atoms with Crippen molar-refractivity contribution in [2.45, 2.75) is 49.7 Å². The van der Waals surface area contributed by atoms with Crippen molar-refractivity contribution in [1.82, 2.24) is 19.9 Å². The lowest BCUT2D eigenvalue weighted by molar-refractivity contribution is -0.0830. The van der Waals surface area contributed by atoms with Gasteiger partial charge in [0.05, 0.1) is 20.8 Å². The molecule has 4 aliphatic rings. The standard InChI is InChI=1S/C30H28ClF5N6OS/c31-19-8-18-23(22(34)21(19)17-4-5-20(33)25-24(17)38-27(37)44-25)39-28(43-13-29-6-1-7-42(29)12-16(32)9-29)40-26(18)41-10-14-2-3-15(11-41)30(14,35)36/h4-5,8,14-16H,1-3,6-7,9-13H2,(H2,37,38)/t14?,15?,16-,29+/m1/s1. The number of aromatic nitrogens is 3. The summed E-state index contributed by atoms with van der Waals surface area (Å²) in [6.07, 6.45) is 1.80. The third-order valence-corrected chi connectivity index (χ3v) is 11.2. The van der Waals surface area contributed by atoms with Crippen LogP contribution in [0.4, 0.5) is 32.9 Å². The molecule has 0 amide bonds. The highest BCUT2D eigenvalue weighted by Crippen LogP contribution is 2.51. The first kappa shape index (κ1) is 28.4. The van der Waals surface area contributed by atoms with E-state index in [2.05, 4.69) is 19.9 Å². The van der Waals surface area contributed by atoms with E-state index in [-0.39, 0.29) is 73.9 Å². The van der Waals surface area contributed by atoms with Gasteiger partial charge in [0.15, 0.2) is 10.9 Å². The van der Waals surface area contributed by atoms with Gasteiger partial charge in [-0.15, -0.1) is 0 Å². The number of alkyl halides is 3. The van der Waals surface area contributed by atoms with Gasteiger partial charge < -0.3 is 15.4 Å². The molecule has 1 aliphatic carbocycles. The molecule has 3 aliphatic heterocycles. The van der Waals surface area contributed by atoms with E-state index in [1.165, 1.54) is 18.2 Å². The van der Waals surface area contributed by atoms with Crippen molar-refractivity contribution < 1.29 is 26.7 Å². The molecule has 4 fully saturated rings. The maximum atomic E-state index is 16.7. The third-order valence-electron chi connectivity index (χ3n) is 9.99. The number of halogens is 6. The van der Waals surface area contributed by atoms with Gasteiger partial charge >= 0.3 is 6.01 Å². The van der Waals surface area contributed by atoms with Crippen LogP contribution in [0.15, 0.2) is 18.2 Å². The van der Waals surface area contributed by atoms with E-state index in [0.29, 0.717) is 25.8 Å². The number of benzene rings is 2. The monoisotopic (exact) mass is 650 g/mol. The van der Waals surface area contributed by atoms with Gasteiger partial charge in [0, 0.05) is 54.4 Å². The van der Waals surface area contributed by atoms with Gasteiger partial charge in [-0.05, 0) is 50.4 Å². The van der Waals surface area contributed by atoms with Crippen molar-refractivity contribution in [1.29, 1.82) is 0 Å². The van der Waals surface area contributed by atoms with Crippen molar-refractivity contribution >= 4 is 55.0 Å². The summed E-state index contributed by atoms with van der Waals surface area (Å²) in [5, 5.41) is 0.358. The van der Waals surface area contributed by atoms with E-state index >= 15 is 4.39 Å². The average Bonchev–Trinajstić information content (AvgIpc) is 3.65. The molecule has 2 aromatic carbocycles. The van der Waals surface area contributed by atoms with Crippen molar-refractivity contribution in [2.24, 2.45) is 11.8 Å². The smallest absolute Gasteiger partial charge is 0.319 e. The van der Waals surface area contributed by atoms with Crippen LogP contribution >= 0.6 is 22.9 Å². The molecule has 0 spiro atoms. The largest absolute Gasteiger partial charge is 0.461 e. The first-order valence-electron chi connectivity index (χ1n) is 14.7. The Morgan fingerprint density at radius 2 is 1.84 bits per heavy atom. The van der Waals surface area contributed by atoms with E-state index in [0.717, 1.165) is 30.7 Å². The quantitative estimate of drug-likeness (QED) is 0.237. The van der Waals surface area contributed by atoms with Crippen LogP contribution in [0, 0.1) is 23.5 Å². The highest BCUT2D eigenvalue weighted by atomic mass is 35.5. The number of nitrogens with zero attached hydrogens (tertiary/aromatic N) is 5. The summed E-state index contributed by atoms with van der Waals surface area (Å²) in [6, 6.07) is 3.97. The Hall–Kier alpha value is -3.03. The first-order chi connectivity index (χ1) is 21.0. The van der Waals surface area contributed by atoms with Crippen molar-refractivity contribution in [3.8, 4) is 17.1 Å². The summed E-state index contributed by atoms with van der Waals surface area (Å²) in [4.78, 5) is 17.2. The summed E-state index contributed by atoms with van der Waals surface area (Å²) in [5.41, 5.74) is 5.59. The lowest BCUT2D eigenvalue weighted by atomic mass is 9.93.